The van der Waals surface area contributed by atoms with Crippen LogP contribution in [0.5, 0.6) is 5.75 Å². The Hall–Kier alpha value is -2.05. The van der Waals surface area contributed by atoms with Gasteiger partial charge in [0.25, 0.3) is 17.7 Å². The zero-order valence-corrected chi connectivity index (χ0v) is 15.7. The number of hydrazine groups is 1. The van der Waals surface area contributed by atoms with E-state index in [0.29, 0.717) is 15.8 Å². The number of amides is 3. The highest BCUT2D eigenvalue weighted by Gasteiger charge is 2.73. The molecule has 1 aromatic carbocycles. The Bertz CT molecular complexity index is 877. The first-order valence-corrected chi connectivity index (χ1v) is 9.61. The van der Waals surface area contributed by atoms with Gasteiger partial charge in [0, 0.05) is 6.07 Å². The van der Waals surface area contributed by atoms with E-state index in [1.807, 2.05) is 0 Å². The van der Waals surface area contributed by atoms with Crippen LogP contribution in [0.1, 0.15) is 12.8 Å². The summed E-state index contributed by atoms with van der Waals surface area (Å²) < 4.78 is 5.36. The third-order valence-electron chi connectivity index (χ3n) is 6.35. The molecule has 1 aliphatic heterocycles. The molecule has 1 saturated heterocycles. The van der Waals surface area contributed by atoms with Gasteiger partial charge in [-0.1, -0.05) is 35.4 Å². The first-order chi connectivity index (χ1) is 12.9. The summed E-state index contributed by atoms with van der Waals surface area (Å²) in [6.45, 7) is -0.348. The number of ether oxygens (including phenoxy) is 1. The summed E-state index contributed by atoms with van der Waals surface area (Å²) in [5.41, 5.74) is 2.54. The second-order valence-electron chi connectivity index (χ2n) is 7.63. The standard InChI is InChI=1S/C19H16Cl2N2O4/c20-12-4-1-9(7-13(12)21)27-8-14(24)22-23-17(25)15-10-2-3-11(16(15)18(23)26)19(10)5-6-19/h1-4,7,10-11,15-16H,5-6,8H2,(H,22,24)/t10-,11+,15-,16-/m0/s1. The van der Waals surface area contributed by atoms with E-state index >= 15 is 0 Å². The average Bonchev–Trinajstić information content (AvgIpc) is 3.25. The number of halogens is 2. The van der Waals surface area contributed by atoms with E-state index < -0.39 is 5.91 Å². The van der Waals surface area contributed by atoms with Crippen molar-refractivity contribution in [3.05, 3.63) is 40.4 Å². The number of imide groups is 1. The molecule has 6 nitrogen and oxygen atoms in total. The lowest BCUT2D eigenvalue weighted by molar-refractivity contribution is -0.150. The second-order valence-corrected chi connectivity index (χ2v) is 8.45. The summed E-state index contributed by atoms with van der Waals surface area (Å²) in [7, 11) is 0. The number of nitrogens with zero attached hydrogens (tertiary/aromatic N) is 1. The van der Waals surface area contributed by atoms with Gasteiger partial charge in [0.2, 0.25) is 0 Å². The number of fused-ring (bicyclic) bond motifs is 3. The average molecular weight is 407 g/mol. The molecule has 4 atom stereocenters. The molecule has 5 rings (SSSR count). The molecule has 2 bridgehead atoms. The fourth-order valence-electron chi connectivity index (χ4n) is 5.06. The Morgan fingerprint density at radius 3 is 2.30 bits per heavy atom. The lowest BCUT2D eigenvalue weighted by Gasteiger charge is -2.22. The Labute approximate surface area is 165 Å². The van der Waals surface area contributed by atoms with Gasteiger partial charge in [0.15, 0.2) is 6.61 Å². The maximum Gasteiger partial charge on any atom is 0.276 e. The first kappa shape index (κ1) is 17.1. The predicted molar refractivity (Wildman–Crippen MR) is 96.7 cm³/mol. The maximum atomic E-state index is 12.8. The van der Waals surface area contributed by atoms with Crippen LogP contribution in [-0.2, 0) is 14.4 Å². The van der Waals surface area contributed by atoms with Gasteiger partial charge in [-0.15, -0.1) is 0 Å². The molecule has 1 heterocycles. The van der Waals surface area contributed by atoms with Crippen molar-refractivity contribution >= 4 is 40.9 Å². The molecular weight excluding hydrogens is 391 g/mol. The maximum absolute atomic E-state index is 12.8. The summed E-state index contributed by atoms with van der Waals surface area (Å²) in [4.78, 5) is 37.8. The number of allylic oxidation sites excluding steroid dienone is 2. The largest absolute Gasteiger partial charge is 0.484 e. The fourth-order valence-corrected chi connectivity index (χ4v) is 5.35. The van der Waals surface area contributed by atoms with Crippen molar-refractivity contribution < 1.29 is 19.1 Å². The minimum atomic E-state index is -0.579. The molecule has 140 valence electrons. The van der Waals surface area contributed by atoms with E-state index in [1.54, 1.807) is 12.1 Å². The summed E-state index contributed by atoms with van der Waals surface area (Å²) in [5.74, 6) is -1.26. The second kappa shape index (κ2) is 5.72. The minimum Gasteiger partial charge on any atom is -0.484 e. The number of benzene rings is 1. The van der Waals surface area contributed by atoms with Crippen molar-refractivity contribution in [3.8, 4) is 5.75 Å². The lowest BCUT2D eigenvalue weighted by Crippen LogP contribution is -2.49. The van der Waals surface area contributed by atoms with Gasteiger partial charge in [-0.3, -0.25) is 19.8 Å². The summed E-state index contributed by atoms with van der Waals surface area (Å²) in [6, 6.07) is 4.63. The number of rotatable bonds is 4. The van der Waals surface area contributed by atoms with E-state index in [0.717, 1.165) is 17.9 Å². The van der Waals surface area contributed by atoms with Gasteiger partial charge in [0.1, 0.15) is 5.75 Å². The number of nitrogens with one attached hydrogen (secondary N) is 1. The van der Waals surface area contributed by atoms with E-state index in [2.05, 4.69) is 17.6 Å². The number of carbonyl (C=O) groups excluding carboxylic acids is 3. The molecule has 4 aliphatic rings. The van der Waals surface area contributed by atoms with Crippen LogP contribution in [0.25, 0.3) is 0 Å². The molecule has 8 heteroatoms. The quantitative estimate of drug-likeness (QED) is 0.615. The van der Waals surface area contributed by atoms with E-state index in [4.69, 9.17) is 27.9 Å². The molecule has 1 aromatic rings. The fraction of sp³-hybridized carbons (Fsp3) is 0.421. The van der Waals surface area contributed by atoms with Crippen molar-refractivity contribution in [1.82, 2.24) is 10.4 Å². The monoisotopic (exact) mass is 406 g/mol. The number of carbonyl (C=O) groups is 3. The van der Waals surface area contributed by atoms with Crippen molar-refractivity contribution in [3.63, 3.8) is 0 Å². The third-order valence-corrected chi connectivity index (χ3v) is 7.09. The molecule has 1 N–H and O–H groups in total. The molecule has 3 aliphatic carbocycles. The van der Waals surface area contributed by atoms with Crippen LogP contribution in [-0.4, -0.2) is 29.3 Å². The third kappa shape index (κ3) is 2.36. The van der Waals surface area contributed by atoms with Crippen LogP contribution in [0, 0.1) is 29.1 Å². The van der Waals surface area contributed by atoms with Crippen molar-refractivity contribution in [2.45, 2.75) is 12.8 Å². The highest BCUT2D eigenvalue weighted by Crippen LogP contribution is 2.73. The molecule has 27 heavy (non-hydrogen) atoms. The smallest absolute Gasteiger partial charge is 0.276 e. The first-order valence-electron chi connectivity index (χ1n) is 8.86. The van der Waals surface area contributed by atoms with Crippen molar-refractivity contribution in [2.75, 3.05) is 6.61 Å². The van der Waals surface area contributed by atoms with Crippen LogP contribution < -0.4 is 10.2 Å². The van der Waals surface area contributed by atoms with Gasteiger partial charge in [0.05, 0.1) is 21.9 Å². The summed E-state index contributed by atoms with van der Waals surface area (Å²) >= 11 is 11.7. The van der Waals surface area contributed by atoms with Gasteiger partial charge in [-0.05, 0) is 42.2 Å². The predicted octanol–water partition coefficient (Wildman–Crippen LogP) is 2.60. The zero-order valence-electron chi connectivity index (χ0n) is 14.2. The lowest BCUT2D eigenvalue weighted by atomic mass is 9.85. The topological polar surface area (TPSA) is 75.7 Å². The molecule has 0 unspecified atom stereocenters. The van der Waals surface area contributed by atoms with Gasteiger partial charge in [-0.2, -0.15) is 5.01 Å². The normalized spacial score (nSPS) is 31.6. The molecule has 3 amide bonds. The minimum absolute atomic E-state index is 0.123. The molecule has 2 saturated carbocycles. The van der Waals surface area contributed by atoms with Crippen LogP contribution in [0.3, 0.4) is 0 Å². The van der Waals surface area contributed by atoms with Crippen LogP contribution in [0.15, 0.2) is 30.4 Å². The zero-order chi connectivity index (χ0) is 18.9. The van der Waals surface area contributed by atoms with E-state index in [1.165, 1.54) is 6.07 Å². The molecule has 0 radical (unpaired) electrons. The summed E-state index contributed by atoms with van der Waals surface area (Å²) in [5, 5.41) is 1.58. The Morgan fingerprint density at radius 1 is 1.11 bits per heavy atom. The van der Waals surface area contributed by atoms with Crippen molar-refractivity contribution in [2.24, 2.45) is 29.1 Å². The molecule has 0 aromatic heterocycles. The molecule has 3 fully saturated rings. The van der Waals surface area contributed by atoms with Crippen LogP contribution >= 0.6 is 23.2 Å². The molecular formula is C19H16Cl2N2O4. The summed E-state index contributed by atoms with van der Waals surface area (Å²) in [6.07, 6.45) is 6.32. The van der Waals surface area contributed by atoms with E-state index in [9.17, 15) is 14.4 Å². The van der Waals surface area contributed by atoms with Gasteiger partial charge < -0.3 is 4.74 Å². The van der Waals surface area contributed by atoms with Crippen molar-refractivity contribution in [1.29, 1.82) is 0 Å². The SMILES string of the molecule is O=C(COc1ccc(Cl)c(Cl)c1)NN1C(=O)[C@@H]2[C@@H](C1=O)[C@@H]1C=C[C@H]2C12CC2. The Kier molecular flexibility index (Phi) is 3.62. The highest BCUT2D eigenvalue weighted by molar-refractivity contribution is 6.42. The Morgan fingerprint density at radius 2 is 1.74 bits per heavy atom. The number of hydrogen-bond acceptors (Lipinski definition) is 4. The van der Waals surface area contributed by atoms with Gasteiger partial charge in [-0.25, -0.2) is 0 Å². The highest BCUT2D eigenvalue weighted by atomic mass is 35.5. The number of hydrogen-bond donors (Lipinski definition) is 1. The van der Waals surface area contributed by atoms with Crippen LogP contribution in [0.4, 0.5) is 0 Å². The van der Waals surface area contributed by atoms with Crippen LogP contribution in [0.2, 0.25) is 10.0 Å². The Balaban J connectivity index is 1.24. The molecule has 1 spiro atoms. The van der Waals surface area contributed by atoms with Gasteiger partial charge >= 0.3 is 0 Å². The van der Waals surface area contributed by atoms with E-state index in [-0.39, 0.29) is 47.5 Å².